The van der Waals surface area contributed by atoms with Gasteiger partial charge >= 0.3 is 51.4 Å². The topological polar surface area (TPSA) is 54.4 Å². The van der Waals surface area contributed by atoms with Gasteiger partial charge in [0.05, 0.1) is 4.90 Å². The van der Waals surface area contributed by atoms with Gasteiger partial charge in [0.25, 0.3) is 10.1 Å². The van der Waals surface area contributed by atoms with Crippen LogP contribution >= 0.6 is 0 Å². The summed E-state index contributed by atoms with van der Waals surface area (Å²) in [5, 5.41) is 0. The van der Waals surface area contributed by atoms with Crippen LogP contribution in [0.1, 0.15) is 117 Å². The fourth-order valence-corrected chi connectivity index (χ4v) is 4.58. The number of aryl methyl sites for hydroxylation is 1. The summed E-state index contributed by atoms with van der Waals surface area (Å²) >= 11 is 0. The van der Waals surface area contributed by atoms with E-state index in [0.717, 1.165) is 18.4 Å². The molecule has 5 heteroatoms. The SMILES string of the molecule is CCCCCCCCCCCCCCCCCCc1ccccc1S(=O)(=O)O.[H-].[K+]. The molecule has 0 unspecified atom stereocenters. The first-order valence-electron chi connectivity index (χ1n) is 11.6. The van der Waals surface area contributed by atoms with Gasteiger partial charge in [0.2, 0.25) is 0 Å². The molecule has 0 amide bonds. The average Bonchev–Trinajstić information content (AvgIpc) is 2.67. The Morgan fingerprint density at radius 1 is 0.690 bits per heavy atom. The second-order valence-electron chi connectivity index (χ2n) is 8.14. The quantitative estimate of drug-likeness (QED) is 0.197. The van der Waals surface area contributed by atoms with Crippen molar-refractivity contribution < 1.29 is 65.8 Å². The van der Waals surface area contributed by atoms with Gasteiger partial charge in [-0.25, -0.2) is 0 Å². The van der Waals surface area contributed by atoms with Crippen LogP contribution in [0.2, 0.25) is 0 Å². The van der Waals surface area contributed by atoms with E-state index in [1.165, 1.54) is 96.0 Å². The summed E-state index contributed by atoms with van der Waals surface area (Å²) < 4.78 is 32.0. The minimum absolute atomic E-state index is 0. The molecule has 0 heterocycles. The molecular formula is C24H43KO3S. The minimum Gasteiger partial charge on any atom is -1.00 e. The second-order valence-corrected chi connectivity index (χ2v) is 9.53. The predicted octanol–water partition coefficient (Wildman–Crippen LogP) is 4.85. The van der Waals surface area contributed by atoms with Crippen molar-refractivity contribution in [1.82, 2.24) is 0 Å². The largest absolute Gasteiger partial charge is 1.00 e. The van der Waals surface area contributed by atoms with Gasteiger partial charge in [0, 0.05) is 0 Å². The van der Waals surface area contributed by atoms with Crippen molar-refractivity contribution in [3.05, 3.63) is 29.8 Å². The van der Waals surface area contributed by atoms with E-state index in [1.54, 1.807) is 12.1 Å². The van der Waals surface area contributed by atoms with Crippen LogP contribution in [0.5, 0.6) is 0 Å². The zero-order chi connectivity index (χ0) is 20.5. The van der Waals surface area contributed by atoms with Crippen molar-refractivity contribution in [3.63, 3.8) is 0 Å². The van der Waals surface area contributed by atoms with E-state index in [1.807, 2.05) is 6.07 Å². The molecule has 29 heavy (non-hydrogen) atoms. The van der Waals surface area contributed by atoms with Crippen LogP contribution in [0, 0.1) is 0 Å². The molecule has 0 atom stereocenters. The summed E-state index contributed by atoms with van der Waals surface area (Å²) in [5.74, 6) is 0. The molecule has 0 spiro atoms. The van der Waals surface area contributed by atoms with Gasteiger partial charge < -0.3 is 1.43 Å². The zero-order valence-electron chi connectivity index (χ0n) is 20.0. The molecule has 0 saturated heterocycles. The van der Waals surface area contributed by atoms with Crippen molar-refractivity contribution >= 4 is 10.1 Å². The Morgan fingerprint density at radius 2 is 1.07 bits per heavy atom. The number of unbranched alkanes of at least 4 members (excludes halogenated alkanes) is 15. The average molecular weight is 451 g/mol. The van der Waals surface area contributed by atoms with Gasteiger partial charge in [0.15, 0.2) is 0 Å². The standard InChI is InChI=1S/C24H42O3S.K.H/c1-2-3-4-5-6-7-8-9-10-11-12-13-14-15-16-17-20-23-21-18-19-22-24(23)28(25,26)27;;/h18-19,21-22H,2-17,20H2,1H3,(H,25,26,27);;/q;+1;-1. The fraction of sp³-hybridized carbons (Fsp3) is 0.750. The number of benzene rings is 1. The van der Waals surface area contributed by atoms with Crippen LogP contribution < -0.4 is 51.4 Å². The summed E-state index contributed by atoms with van der Waals surface area (Å²) in [6, 6.07) is 6.77. The van der Waals surface area contributed by atoms with E-state index in [4.69, 9.17) is 0 Å². The van der Waals surface area contributed by atoms with Gasteiger partial charge in [-0.05, 0) is 24.5 Å². The zero-order valence-corrected chi connectivity index (χ0v) is 22.9. The molecule has 0 saturated carbocycles. The van der Waals surface area contributed by atoms with E-state index in [2.05, 4.69) is 6.92 Å². The summed E-state index contributed by atoms with van der Waals surface area (Å²) in [7, 11) is -4.11. The second kappa shape index (κ2) is 19.5. The molecule has 0 aliphatic rings. The minimum atomic E-state index is -4.11. The van der Waals surface area contributed by atoms with Crippen molar-refractivity contribution in [2.75, 3.05) is 0 Å². The Bertz CT molecular complexity index is 608. The van der Waals surface area contributed by atoms with Gasteiger partial charge in [-0.2, -0.15) is 8.42 Å². The van der Waals surface area contributed by atoms with Crippen LogP contribution in [-0.4, -0.2) is 13.0 Å². The van der Waals surface area contributed by atoms with Crippen molar-refractivity contribution in [2.24, 2.45) is 0 Å². The summed E-state index contributed by atoms with van der Waals surface area (Å²) in [6.45, 7) is 2.27. The maximum atomic E-state index is 11.4. The smallest absolute Gasteiger partial charge is 1.00 e. The molecule has 0 aromatic heterocycles. The molecule has 1 N–H and O–H groups in total. The molecule has 0 aliphatic heterocycles. The Labute approximate surface area is 224 Å². The van der Waals surface area contributed by atoms with Crippen LogP contribution in [-0.2, 0) is 16.5 Å². The summed E-state index contributed by atoms with van der Waals surface area (Å²) in [6.07, 6.45) is 22.0. The van der Waals surface area contributed by atoms with E-state index in [-0.39, 0.29) is 57.7 Å². The van der Waals surface area contributed by atoms with Crippen LogP contribution in [0.3, 0.4) is 0 Å². The van der Waals surface area contributed by atoms with Crippen LogP contribution in [0.25, 0.3) is 0 Å². The molecule has 3 nitrogen and oxygen atoms in total. The monoisotopic (exact) mass is 450 g/mol. The third kappa shape index (κ3) is 16.1. The van der Waals surface area contributed by atoms with Gasteiger partial charge in [-0.3, -0.25) is 4.55 Å². The molecule has 1 aromatic carbocycles. The van der Waals surface area contributed by atoms with Crippen molar-refractivity contribution in [3.8, 4) is 0 Å². The summed E-state index contributed by atoms with van der Waals surface area (Å²) in [4.78, 5) is 0.0657. The van der Waals surface area contributed by atoms with Gasteiger partial charge in [-0.15, -0.1) is 0 Å². The molecule has 164 valence electrons. The first-order valence-corrected chi connectivity index (χ1v) is 13.0. The molecular weight excluding hydrogens is 407 g/mol. The number of hydrogen-bond donors (Lipinski definition) is 1. The Kier molecular flexibility index (Phi) is 20.0. The molecule has 0 fully saturated rings. The van der Waals surface area contributed by atoms with Crippen molar-refractivity contribution in [2.45, 2.75) is 121 Å². The van der Waals surface area contributed by atoms with Crippen molar-refractivity contribution in [1.29, 1.82) is 0 Å². The number of rotatable bonds is 18. The first kappa shape index (κ1) is 29.8. The Hall–Kier alpha value is 0.766. The molecule has 0 aliphatic carbocycles. The third-order valence-corrected chi connectivity index (χ3v) is 6.50. The van der Waals surface area contributed by atoms with Crippen LogP contribution in [0.4, 0.5) is 0 Å². The first-order chi connectivity index (χ1) is 13.6. The number of hydrogen-bond acceptors (Lipinski definition) is 2. The van der Waals surface area contributed by atoms with E-state index in [9.17, 15) is 13.0 Å². The van der Waals surface area contributed by atoms with Crippen LogP contribution in [0.15, 0.2) is 29.2 Å². The maximum Gasteiger partial charge on any atom is 1.00 e. The fourth-order valence-electron chi connectivity index (χ4n) is 3.83. The van der Waals surface area contributed by atoms with Gasteiger partial charge in [-0.1, -0.05) is 121 Å². The molecule has 0 radical (unpaired) electrons. The van der Waals surface area contributed by atoms with E-state index >= 15 is 0 Å². The summed E-state index contributed by atoms with van der Waals surface area (Å²) in [5.41, 5.74) is 0.732. The molecule has 1 rings (SSSR count). The molecule has 0 bridgehead atoms. The maximum absolute atomic E-state index is 11.4. The predicted molar refractivity (Wildman–Crippen MR) is 121 cm³/mol. The van der Waals surface area contributed by atoms with E-state index < -0.39 is 10.1 Å². The Morgan fingerprint density at radius 3 is 1.48 bits per heavy atom. The van der Waals surface area contributed by atoms with Gasteiger partial charge in [0.1, 0.15) is 0 Å². The van der Waals surface area contributed by atoms with E-state index in [0.29, 0.717) is 6.42 Å². The normalized spacial score (nSPS) is 11.4. The Balaban J connectivity index is 0. The molecule has 1 aromatic rings. The third-order valence-electron chi connectivity index (χ3n) is 5.55.